The average molecular weight is 633 g/mol. The number of carbonyl (C=O) groups excluding carboxylic acids is 1. The summed E-state index contributed by atoms with van der Waals surface area (Å²) in [5.74, 6) is -0.255. The second-order valence-corrected chi connectivity index (χ2v) is 13.0. The fourth-order valence-corrected chi connectivity index (χ4v) is 6.64. The van der Waals surface area contributed by atoms with Gasteiger partial charge in [-0.1, -0.05) is 29.8 Å². The molecule has 0 aliphatic carbocycles. The number of alkyl halides is 2. The Morgan fingerprint density at radius 2 is 2.05 bits per heavy atom. The topological polar surface area (TPSA) is 165 Å². The number of halogens is 2. The van der Waals surface area contributed by atoms with Gasteiger partial charge in [-0.15, -0.1) is 0 Å². The number of hydrogen-bond donors (Lipinski definition) is 3. The molecule has 1 aromatic carbocycles. The summed E-state index contributed by atoms with van der Waals surface area (Å²) in [4.78, 5) is 24.8. The van der Waals surface area contributed by atoms with Gasteiger partial charge in [-0.25, -0.2) is 14.5 Å². The van der Waals surface area contributed by atoms with Crippen LogP contribution in [-0.4, -0.2) is 73.3 Å². The van der Waals surface area contributed by atoms with Crippen LogP contribution in [0, 0.1) is 0 Å². The molecule has 3 heterocycles. The van der Waals surface area contributed by atoms with Crippen LogP contribution >= 0.6 is 18.2 Å². The lowest BCUT2D eigenvalue weighted by Crippen LogP contribution is -2.40. The van der Waals surface area contributed by atoms with Gasteiger partial charge in [-0.05, 0) is 51.6 Å². The molecule has 1 saturated heterocycles. The van der Waals surface area contributed by atoms with Crippen molar-refractivity contribution in [1.29, 1.82) is 0 Å². The predicted molar refractivity (Wildman–Crippen MR) is 152 cm³/mol. The number of aliphatic hydroxyl groups excluding tert-OH is 1. The number of nitrogens with one attached hydrogen (secondary N) is 1. The van der Waals surface area contributed by atoms with E-state index in [9.17, 15) is 9.90 Å². The van der Waals surface area contributed by atoms with E-state index in [0.717, 1.165) is 0 Å². The van der Waals surface area contributed by atoms with Crippen molar-refractivity contribution in [2.45, 2.75) is 63.4 Å². The first kappa shape index (κ1) is 31.3. The first-order valence-corrected chi connectivity index (χ1v) is 15.7. The second kappa shape index (κ2) is 12.7. The molecule has 1 aliphatic heterocycles. The number of aromatic nitrogens is 4. The van der Waals surface area contributed by atoms with Crippen molar-refractivity contribution in [1.82, 2.24) is 24.6 Å². The first-order valence-electron chi connectivity index (χ1n) is 12.7. The van der Waals surface area contributed by atoms with E-state index in [0.29, 0.717) is 5.75 Å². The predicted octanol–water partition coefficient (Wildman–Crippen LogP) is 3.22. The van der Waals surface area contributed by atoms with Gasteiger partial charge in [-0.2, -0.15) is 9.97 Å². The van der Waals surface area contributed by atoms with Crippen LogP contribution in [0.4, 0.5) is 10.3 Å². The largest absolute Gasteiger partial charge is 0.476 e. The van der Waals surface area contributed by atoms with Crippen molar-refractivity contribution >= 4 is 53.1 Å². The molecule has 0 bridgehead atoms. The van der Waals surface area contributed by atoms with Gasteiger partial charge in [0.15, 0.2) is 17.4 Å². The Hall–Kier alpha value is -2.65. The number of ether oxygens (including phenoxy) is 3. The summed E-state index contributed by atoms with van der Waals surface area (Å²) in [6.45, 7) is 3.04. The second-order valence-electron chi connectivity index (χ2n) is 9.32. The molecule has 0 saturated carbocycles. The van der Waals surface area contributed by atoms with Crippen molar-refractivity contribution in [2.24, 2.45) is 0 Å². The molecule has 13 nitrogen and oxygen atoms in total. The maximum atomic E-state index is 15.8. The Morgan fingerprint density at radius 1 is 1.34 bits per heavy atom. The lowest BCUT2D eigenvalue weighted by molar-refractivity contribution is -0.149. The van der Waals surface area contributed by atoms with Crippen LogP contribution in [0.2, 0.25) is 0 Å². The summed E-state index contributed by atoms with van der Waals surface area (Å²) in [6, 6.07) is 7.64. The summed E-state index contributed by atoms with van der Waals surface area (Å²) >= 11 is 11.9. The molecule has 41 heavy (non-hydrogen) atoms. The molecule has 4 N–H and O–H groups in total. The van der Waals surface area contributed by atoms with Gasteiger partial charge >= 0.3 is 12.6 Å². The zero-order valence-corrected chi connectivity index (χ0v) is 25.1. The van der Waals surface area contributed by atoms with E-state index in [1.807, 2.05) is 0 Å². The van der Waals surface area contributed by atoms with Crippen LogP contribution in [0.1, 0.15) is 33.9 Å². The summed E-state index contributed by atoms with van der Waals surface area (Å²) in [5, 5.41) is 10.9. The van der Waals surface area contributed by atoms with Gasteiger partial charge in [0.05, 0.1) is 25.6 Å². The van der Waals surface area contributed by atoms with Crippen molar-refractivity contribution in [3.05, 3.63) is 36.7 Å². The fraction of sp³-hybridized carbons (Fsp3) is 0.500. The lowest BCUT2D eigenvalue weighted by Gasteiger charge is -2.28. The molecule has 2 aromatic heterocycles. The number of nitrogens with two attached hydrogens (primary N) is 1. The molecular formula is C24H31ClFN6O7PS. The lowest BCUT2D eigenvalue weighted by atomic mass is 10.1. The Kier molecular flexibility index (Phi) is 9.69. The highest BCUT2D eigenvalue weighted by atomic mass is 35.5. The number of rotatable bonds is 12. The Bertz CT molecular complexity index is 1420. The van der Waals surface area contributed by atoms with E-state index < -0.39 is 48.8 Å². The Balaban J connectivity index is 1.56. The Labute approximate surface area is 245 Å². The van der Waals surface area contributed by atoms with Gasteiger partial charge in [0.1, 0.15) is 24.0 Å². The zero-order valence-electron chi connectivity index (χ0n) is 22.6. The molecular weight excluding hydrogens is 602 g/mol. The minimum absolute atomic E-state index is 0.0825. The third-order valence-electron chi connectivity index (χ3n) is 5.75. The molecule has 224 valence electrons. The SMILES string of the molecule is CCOc1nc(N)nc2c1ncn2[C@@H]1O[C@H](CO[P@@](=S)(N[C@@H](C)C(=O)OC(C)C)Oc2ccccc2)[C@@H](O)[C@]1(F)Cl. The molecule has 0 spiro atoms. The van der Waals surface area contributed by atoms with E-state index in [2.05, 4.69) is 20.0 Å². The van der Waals surface area contributed by atoms with E-state index in [1.165, 1.54) is 10.9 Å². The quantitative estimate of drug-likeness (QED) is 0.152. The summed E-state index contributed by atoms with van der Waals surface area (Å²) < 4.78 is 45.4. The highest BCUT2D eigenvalue weighted by Crippen LogP contribution is 2.49. The normalized spacial score (nSPS) is 24.7. The van der Waals surface area contributed by atoms with Gasteiger partial charge in [0.25, 0.3) is 5.13 Å². The number of imidazole rings is 1. The molecule has 1 fully saturated rings. The standard InChI is InChI=1S/C24H31ClFN6O7PS/c1-5-35-20-17-19(29-23(27)30-20)32(12-28-17)22-24(25,26)18(33)16(38-22)11-36-40(41,39-15-9-7-6-8-10-15)31-14(4)21(34)37-13(2)3/h6-10,12-14,16,18,22,33H,5,11H2,1-4H3,(H,31,41)(H2,27,29,30)/t14-,16+,18+,22+,24+,40-/m0/s1. The van der Waals surface area contributed by atoms with Crippen LogP contribution in [0.15, 0.2) is 36.7 Å². The smallest absolute Gasteiger partial charge is 0.323 e. The molecule has 4 rings (SSSR count). The third-order valence-corrected chi connectivity index (χ3v) is 8.66. The van der Waals surface area contributed by atoms with Crippen LogP contribution in [0.25, 0.3) is 11.2 Å². The third kappa shape index (κ3) is 7.05. The van der Waals surface area contributed by atoms with Crippen molar-refractivity contribution in [3.8, 4) is 11.6 Å². The van der Waals surface area contributed by atoms with E-state index in [-0.39, 0.29) is 35.7 Å². The highest BCUT2D eigenvalue weighted by molar-refractivity contribution is 8.09. The van der Waals surface area contributed by atoms with Crippen molar-refractivity contribution < 1.29 is 37.5 Å². The number of fused-ring (bicyclic) bond motifs is 1. The molecule has 17 heteroatoms. The van der Waals surface area contributed by atoms with Crippen molar-refractivity contribution in [3.63, 3.8) is 0 Å². The van der Waals surface area contributed by atoms with Gasteiger partial charge in [-0.3, -0.25) is 9.36 Å². The van der Waals surface area contributed by atoms with Crippen LogP contribution in [0.3, 0.4) is 0 Å². The van der Waals surface area contributed by atoms with E-state index in [1.54, 1.807) is 58.0 Å². The van der Waals surface area contributed by atoms with Gasteiger partial charge in [0.2, 0.25) is 11.8 Å². The number of para-hydroxylation sites is 1. The van der Waals surface area contributed by atoms with Crippen molar-refractivity contribution in [2.75, 3.05) is 18.9 Å². The molecule has 0 unspecified atom stereocenters. The maximum absolute atomic E-state index is 15.8. The Morgan fingerprint density at radius 3 is 2.71 bits per heavy atom. The highest BCUT2D eigenvalue weighted by Gasteiger charge is 2.58. The number of hydrogen-bond acceptors (Lipinski definition) is 12. The first-order chi connectivity index (χ1) is 19.3. The van der Waals surface area contributed by atoms with Gasteiger partial charge in [0, 0.05) is 0 Å². The number of esters is 1. The summed E-state index contributed by atoms with van der Waals surface area (Å²) in [7, 11) is 0. The molecule has 3 aromatic rings. The van der Waals surface area contributed by atoms with Crippen LogP contribution in [-0.2, 0) is 30.6 Å². The zero-order chi connectivity index (χ0) is 29.9. The summed E-state index contributed by atoms with van der Waals surface area (Å²) in [5.41, 5.74) is 6.09. The maximum Gasteiger partial charge on any atom is 0.323 e. The van der Waals surface area contributed by atoms with Gasteiger partial charge < -0.3 is 34.1 Å². The number of anilines is 1. The number of benzene rings is 1. The molecule has 0 amide bonds. The summed E-state index contributed by atoms with van der Waals surface area (Å²) in [6.07, 6.45) is -3.91. The molecule has 6 atom stereocenters. The van der Waals surface area contributed by atoms with E-state index >= 15 is 4.39 Å². The number of carbonyl (C=O) groups is 1. The van der Waals surface area contributed by atoms with E-state index in [4.69, 9.17) is 52.4 Å². The number of aliphatic hydroxyl groups is 1. The number of nitrogens with zero attached hydrogens (tertiary/aromatic N) is 4. The number of nitrogen functional groups attached to an aromatic ring is 1. The monoisotopic (exact) mass is 632 g/mol. The minimum Gasteiger partial charge on any atom is -0.476 e. The van der Waals surface area contributed by atoms with Crippen LogP contribution < -0.4 is 20.1 Å². The molecule has 0 radical (unpaired) electrons. The fourth-order valence-electron chi connectivity index (χ4n) is 3.93. The van der Waals surface area contributed by atoms with Crippen LogP contribution in [0.5, 0.6) is 11.6 Å². The molecule has 1 aliphatic rings. The minimum atomic E-state index is -3.50. The average Bonchev–Trinajstić information content (AvgIpc) is 3.41.